The fourth-order valence-corrected chi connectivity index (χ4v) is 4.49. The van der Waals surface area contributed by atoms with Crippen molar-refractivity contribution in [3.63, 3.8) is 0 Å². The summed E-state index contributed by atoms with van der Waals surface area (Å²) in [5, 5.41) is 13.9. The molecule has 0 fully saturated rings. The maximum absolute atomic E-state index is 13.9. The zero-order valence-electron chi connectivity index (χ0n) is 18.2. The van der Waals surface area contributed by atoms with Crippen molar-refractivity contribution >= 4 is 69.7 Å². The normalized spacial score (nSPS) is 17.1. The molecular formula is C24H18Cl3N5O3. The van der Waals surface area contributed by atoms with E-state index in [1.807, 2.05) is 0 Å². The van der Waals surface area contributed by atoms with Gasteiger partial charge in [0.1, 0.15) is 5.69 Å². The van der Waals surface area contributed by atoms with Gasteiger partial charge in [0.2, 0.25) is 5.91 Å². The van der Waals surface area contributed by atoms with Crippen LogP contribution in [0, 0.1) is 0 Å². The lowest BCUT2D eigenvalue weighted by molar-refractivity contribution is -0.127. The van der Waals surface area contributed by atoms with Gasteiger partial charge in [-0.15, -0.1) is 5.10 Å². The molecule has 3 amide bonds. The molecule has 1 atom stereocenters. The summed E-state index contributed by atoms with van der Waals surface area (Å²) >= 11 is 18.8. The van der Waals surface area contributed by atoms with Crippen molar-refractivity contribution in [2.75, 3.05) is 10.3 Å². The van der Waals surface area contributed by atoms with Gasteiger partial charge < -0.3 is 16.0 Å². The van der Waals surface area contributed by atoms with Crippen LogP contribution in [0.4, 0.5) is 11.4 Å². The number of carbonyl (C=O) groups is 3. The molecule has 0 saturated carbocycles. The van der Waals surface area contributed by atoms with Crippen LogP contribution in [-0.4, -0.2) is 29.2 Å². The maximum Gasteiger partial charge on any atom is 0.302 e. The molecule has 35 heavy (non-hydrogen) atoms. The van der Waals surface area contributed by atoms with Gasteiger partial charge in [-0.3, -0.25) is 14.4 Å². The third-order valence-electron chi connectivity index (χ3n) is 5.00. The van der Waals surface area contributed by atoms with Crippen LogP contribution in [-0.2, 0) is 9.59 Å². The van der Waals surface area contributed by atoms with E-state index in [1.165, 1.54) is 19.1 Å². The van der Waals surface area contributed by atoms with E-state index in [0.29, 0.717) is 11.3 Å². The number of nitrogens with one attached hydrogen (secondary N) is 3. The Balaban J connectivity index is 1.86. The van der Waals surface area contributed by atoms with E-state index in [2.05, 4.69) is 21.1 Å². The molecule has 0 saturated heterocycles. The van der Waals surface area contributed by atoms with Crippen LogP contribution in [0.3, 0.4) is 0 Å². The summed E-state index contributed by atoms with van der Waals surface area (Å²) in [6.45, 7) is 1.24. The van der Waals surface area contributed by atoms with Crippen LogP contribution in [0.2, 0.25) is 15.1 Å². The molecule has 0 bridgehead atoms. The number of amidine groups is 1. The molecule has 1 heterocycles. The first-order chi connectivity index (χ1) is 16.7. The molecule has 0 spiro atoms. The number of rotatable bonds is 5. The van der Waals surface area contributed by atoms with Gasteiger partial charge in [-0.25, -0.2) is 0 Å². The quantitative estimate of drug-likeness (QED) is 0.417. The second-order valence-corrected chi connectivity index (χ2v) is 8.78. The topological polar surface area (TPSA) is 103 Å². The second-order valence-electron chi connectivity index (χ2n) is 7.53. The van der Waals surface area contributed by atoms with Gasteiger partial charge >= 0.3 is 5.91 Å². The number of halogens is 3. The minimum Gasteiger partial charge on any atom is -0.348 e. The summed E-state index contributed by atoms with van der Waals surface area (Å²) in [6, 6.07) is 19.8. The molecule has 1 aliphatic rings. The predicted molar refractivity (Wildman–Crippen MR) is 137 cm³/mol. The zero-order valence-corrected chi connectivity index (χ0v) is 20.4. The largest absolute Gasteiger partial charge is 0.348 e. The fourth-order valence-electron chi connectivity index (χ4n) is 3.52. The number of amides is 3. The van der Waals surface area contributed by atoms with Crippen molar-refractivity contribution in [3.05, 3.63) is 93.4 Å². The third kappa shape index (κ3) is 4.95. The number of nitrogens with zero attached hydrogens (tertiary/aromatic N) is 2. The highest BCUT2D eigenvalue weighted by atomic mass is 35.5. The fraction of sp³-hybridized carbons (Fsp3) is 0.0833. The zero-order chi connectivity index (χ0) is 25.2. The van der Waals surface area contributed by atoms with Gasteiger partial charge in [0.15, 0.2) is 5.84 Å². The molecule has 1 unspecified atom stereocenters. The van der Waals surface area contributed by atoms with E-state index in [4.69, 9.17) is 34.8 Å². The number of anilines is 2. The summed E-state index contributed by atoms with van der Waals surface area (Å²) in [4.78, 5) is 39.2. The van der Waals surface area contributed by atoms with Gasteiger partial charge in [0, 0.05) is 23.2 Å². The Kier molecular flexibility index (Phi) is 6.98. The van der Waals surface area contributed by atoms with Gasteiger partial charge in [0.05, 0.1) is 10.0 Å². The van der Waals surface area contributed by atoms with Gasteiger partial charge in [0.25, 0.3) is 11.6 Å². The maximum atomic E-state index is 13.9. The summed E-state index contributed by atoms with van der Waals surface area (Å²) in [7, 11) is 0. The number of hydrogen-bond acceptors (Lipinski definition) is 5. The lowest BCUT2D eigenvalue weighted by atomic mass is 10.1. The molecule has 3 N–H and O–H groups in total. The number of hydrazone groups is 1. The Labute approximate surface area is 215 Å². The smallest absolute Gasteiger partial charge is 0.302 e. The average Bonchev–Trinajstić information content (AvgIpc) is 3.05. The van der Waals surface area contributed by atoms with Crippen LogP contribution in [0.15, 0.2) is 77.9 Å². The van der Waals surface area contributed by atoms with E-state index < -0.39 is 23.4 Å². The number of hydrogen-bond donors (Lipinski definition) is 3. The molecule has 0 aromatic heterocycles. The summed E-state index contributed by atoms with van der Waals surface area (Å²) in [5.74, 6) is -2.04. The first-order valence-corrected chi connectivity index (χ1v) is 11.4. The molecule has 0 aliphatic carbocycles. The van der Waals surface area contributed by atoms with Crippen LogP contribution in [0.1, 0.15) is 17.3 Å². The average molecular weight is 531 g/mol. The van der Waals surface area contributed by atoms with E-state index >= 15 is 0 Å². The molecule has 3 aromatic rings. The Morgan fingerprint density at radius 2 is 1.49 bits per heavy atom. The van der Waals surface area contributed by atoms with Crippen LogP contribution in [0.5, 0.6) is 0 Å². The van der Waals surface area contributed by atoms with Gasteiger partial charge in [-0.1, -0.05) is 71.2 Å². The Bertz CT molecular complexity index is 1310. The number of benzene rings is 3. The lowest BCUT2D eigenvalue weighted by Gasteiger charge is -2.31. The summed E-state index contributed by atoms with van der Waals surface area (Å²) < 4.78 is 0. The van der Waals surface area contributed by atoms with Crippen molar-refractivity contribution in [3.8, 4) is 0 Å². The van der Waals surface area contributed by atoms with Crippen molar-refractivity contribution in [2.24, 2.45) is 5.10 Å². The highest BCUT2D eigenvalue weighted by molar-refractivity contribution is 6.43. The Hall–Kier alpha value is -3.59. The molecule has 178 valence electrons. The highest BCUT2D eigenvalue weighted by Gasteiger charge is 2.54. The van der Waals surface area contributed by atoms with Crippen molar-refractivity contribution in [1.29, 1.82) is 0 Å². The van der Waals surface area contributed by atoms with E-state index in [1.54, 1.807) is 60.7 Å². The molecular weight excluding hydrogens is 513 g/mol. The monoisotopic (exact) mass is 529 g/mol. The Morgan fingerprint density at radius 1 is 0.914 bits per heavy atom. The molecule has 0 radical (unpaired) electrons. The third-order valence-corrected chi connectivity index (χ3v) is 5.79. The molecule has 4 rings (SSSR count). The summed E-state index contributed by atoms with van der Waals surface area (Å²) in [5.41, 5.74) is -1.15. The standard InChI is InChI=1S/C24H18Cl3N5O3/c1-14(33)29-24(30-17-10-6-3-7-11-17)22(28-21(34)15-8-4-2-5-9-15)31-32(23(24)35)20-18(26)12-16(25)13-19(20)27/h2-13,30H,1H3,(H,29,33)(H,28,31,34). The van der Waals surface area contributed by atoms with Gasteiger partial charge in [-0.2, -0.15) is 5.01 Å². The van der Waals surface area contributed by atoms with Crippen molar-refractivity contribution in [2.45, 2.75) is 12.6 Å². The molecule has 8 nitrogen and oxygen atoms in total. The van der Waals surface area contributed by atoms with E-state index in [0.717, 1.165) is 5.01 Å². The second kappa shape index (κ2) is 9.95. The number of para-hydroxylation sites is 1. The predicted octanol–water partition coefficient (Wildman–Crippen LogP) is 4.68. The molecule has 11 heteroatoms. The van der Waals surface area contributed by atoms with E-state index in [9.17, 15) is 14.4 Å². The first-order valence-electron chi connectivity index (χ1n) is 10.3. The molecule has 1 aliphatic heterocycles. The first kappa shape index (κ1) is 24.5. The minimum absolute atomic E-state index is 0.0382. The molecule has 3 aromatic carbocycles. The van der Waals surface area contributed by atoms with Crippen LogP contribution < -0.4 is 21.0 Å². The highest BCUT2D eigenvalue weighted by Crippen LogP contribution is 2.40. The van der Waals surface area contributed by atoms with Crippen LogP contribution in [0.25, 0.3) is 0 Å². The minimum atomic E-state index is -1.98. The SMILES string of the molecule is CC(=O)NC1(Nc2ccccc2)C(=O)N(c2c(Cl)cc(Cl)cc2Cl)N=C1NC(=O)c1ccccc1. The Morgan fingerprint density at radius 3 is 2.06 bits per heavy atom. The number of carbonyl (C=O) groups excluding carboxylic acids is 3. The summed E-state index contributed by atoms with van der Waals surface area (Å²) in [6.07, 6.45) is 0. The van der Waals surface area contributed by atoms with Crippen molar-refractivity contribution < 1.29 is 14.4 Å². The lowest BCUT2D eigenvalue weighted by Crippen LogP contribution is -2.67. The van der Waals surface area contributed by atoms with Crippen molar-refractivity contribution in [1.82, 2.24) is 10.6 Å². The van der Waals surface area contributed by atoms with Crippen LogP contribution >= 0.6 is 34.8 Å². The van der Waals surface area contributed by atoms with E-state index in [-0.39, 0.29) is 26.6 Å². The van der Waals surface area contributed by atoms with Gasteiger partial charge in [-0.05, 0) is 36.4 Å².